The lowest BCUT2D eigenvalue weighted by atomic mass is 10.2. The molecule has 106 valence electrons. The van der Waals surface area contributed by atoms with Gasteiger partial charge in [-0.05, 0) is 42.5 Å². The average Bonchev–Trinajstić information content (AvgIpc) is 2.39. The molecule has 7 heteroatoms. The Labute approximate surface area is 125 Å². The molecule has 0 saturated carbocycles. The molecule has 2 rings (SSSR count). The van der Waals surface area contributed by atoms with Gasteiger partial charge in [0.05, 0.1) is 23.4 Å². The van der Waals surface area contributed by atoms with Crippen molar-refractivity contribution in [1.82, 2.24) is 0 Å². The van der Waals surface area contributed by atoms with E-state index in [0.717, 1.165) is 4.47 Å². The molecule has 0 amide bonds. The van der Waals surface area contributed by atoms with Crippen LogP contribution in [0.2, 0.25) is 0 Å². The number of nitrogens with one attached hydrogen (secondary N) is 1. The Morgan fingerprint density at radius 3 is 2.35 bits per heavy atom. The molecule has 0 saturated heterocycles. The summed E-state index contributed by atoms with van der Waals surface area (Å²) in [6, 6.07) is 11.1. The fourth-order valence-electron chi connectivity index (χ4n) is 1.63. The molecular weight excluding hydrogens is 344 g/mol. The Hall–Kier alpha value is -1.73. The summed E-state index contributed by atoms with van der Waals surface area (Å²) in [4.78, 5) is 0.176. The summed E-state index contributed by atoms with van der Waals surface area (Å²) < 4.78 is 32.7. The molecular formula is C13H13BrN2O3S. The summed E-state index contributed by atoms with van der Waals surface area (Å²) in [5.41, 5.74) is 6.49. The van der Waals surface area contributed by atoms with Crippen LogP contribution in [0.3, 0.4) is 0 Å². The minimum absolute atomic E-state index is 0.176. The number of hydrogen-bond acceptors (Lipinski definition) is 4. The Balaban J connectivity index is 2.28. The van der Waals surface area contributed by atoms with Gasteiger partial charge in [-0.15, -0.1) is 0 Å². The summed E-state index contributed by atoms with van der Waals surface area (Å²) >= 11 is 3.26. The number of nitrogens with two attached hydrogens (primary N) is 1. The van der Waals surface area contributed by atoms with Crippen LogP contribution in [0.1, 0.15) is 0 Å². The molecule has 2 aromatic carbocycles. The SMILES string of the molecule is COc1ccc(NS(=O)(=O)c2ccc(Br)cc2)cc1N. The zero-order chi connectivity index (χ0) is 14.8. The minimum Gasteiger partial charge on any atom is -0.495 e. The molecule has 0 aliphatic heterocycles. The van der Waals surface area contributed by atoms with Gasteiger partial charge in [-0.3, -0.25) is 4.72 Å². The summed E-state index contributed by atoms with van der Waals surface area (Å²) in [7, 11) is -2.14. The highest BCUT2D eigenvalue weighted by atomic mass is 79.9. The van der Waals surface area contributed by atoms with E-state index in [4.69, 9.17) is 10.5 Å². The molecule has 0 aliphatic carbocycles. The predicted molar refractivity (Wildman–Crippen MR) is 82.4 cm³/mol. The molecule has 5 nitrogen and oxygen atoms in total. The van der Waals surface area contributed by atoms with Crippen molar-refractivity contribution < 1.29 is 13.2 Å². The Kier molecular flexibility index (Phi) is 4.20. The first kappa shape index (κ1) is 14.7. The van der Waals surface area contributed by atoms with E-state index < -0.39 is 10.0 Å². The topological polar surface area (TPSA) is 81.4 Å². The quantitative estimate of drug-likeness (QED) is 0.825. The number of ether oxygens (including phenoxy) is 1. The van der Waals surface area contributed by atoms with E-state index in [9.17, 15) is 8.42 Å². The van der Waals surface area contributed by atoms with Gasteiger partial charge in [0, 0.05) is 4.47 Å². The van der Waals surface area contributed by atoms with Crippen molar-refractivity contribution >= 4 is 37.3 Å². The molecule has 0 aliphatic rings. The monoisotopic (exact) mass is 356 g/mol. The van der Waals surface area contributed by atoms with Gasteiger partial charge >= 0.3 is 0 Å². The molecule has 2 aromatic rings. The number of methoxy groups -OCH3 is 1. The van der Waals surface area contributed by atoms with Crippen LogP contribution in [0.5, 0.6) is 5.75 Å². The van der Waals surface area contributed by atoms with Crippen LogP contribution in [-0.4, -0.2) is 15.5 Å². The summed E-state index contributed by atoms with van der Waals surface area (Å²) in [6.45, 7) is 0. The molecule has 0 bridgehead atoms. The lowest BCUT2D eigenvalue weighted by Gasteiger charge is -2.10. The highest BCUT2D eigenvalue weighted by Crippen LogP contribution is 2.26. The lowest BCUT2D eigenvalue weighted by Crippen LogP contribution is -2.13. The second kappa shape index (κ2) is 5.72. The van der Waals surface area contributed by atoms with Crippen molar-refractivity contribution in [3.8, 4) is 5.75 Å². The van der Waals surface area contributed by atoms with E-state index in [-0.39, 0.29) is 4.90 Å². The van der Waals surface area contributed by atoms with Crippen molar-refractivity contribution in [3.63, 3.8) is 0 Å². The lowest BCUT2D eigenvalue weighted by molar-refractivity contribution is 0.417. The maximum Gasteiger partial charge on any atom is 0.261 e. The maximum absolute atomic E-state index is 12.2. The van der Waals surface area contributed by atoms with Gasteiger partial charge in [0.2, 0.25) is 0 Å². The molecule has 20 heavy (non-hydrogen) atoms. The average molecular weight is 357 g/mol. The van der Waals surface area contributed by atoms with Crippen LogP contribution in [0.15, 0.2) is 51.8 Å². The van der Waals surface area contributed by atoms with E-state index in [1.165, 1.54) is 25.3 Å². The van der Waals surface area contributed by atoms with Crippen LogP contribution in [0.4, 0.5) is 11.4 Å². The van der Waals surface area contributed by atoms with Gasteiger partial charge in [0.25, 0.3) is 10.0 Å². The Bertz CT molecular complexity index is 715. The van der Waals surface area contributed by atoms with Crippen molar-refractivity contribution in [1.29, 1.82) is 0 Å². The van der Waals surface area contributed by atoms with Crippen molar-refractivity contribution in [2.24, 2.45) is 0 Å². The third-order valence-electron chi connectivity index (χ3n) is 2.61. The Morgan fingerprint density at radius 1 is 1.15 bits per heavy atom. The van der Waals surface area contributed by atoms with Crippen LogP contribution < -0.4 is 15.2 Å². The van der Waals surface area contributed by atoms with E-state index in [0.29, 0.717) is 17.1 Å². The van der Waals surface area contributed by atoms with Gasteiger partial charge in [-0.25, -0.2) is 8.42 Å². The minimum atomic E-state index is -3.63. The zero-order valence-corrected chi connectivity index (χ0v) is 13.0. The number of halogens is 1. The third kappa shape index (κ3) is 3.23. The van der Waals surface area contributed by atoms with Crippen LogP contribution in [0, 0.1) is 0 Å². The molecule has 0 spiro atoms. The van der Waals surface area contributed by atoms with Crippen molar-refractivity contribution in [2.45, 2.75) is 4.90 Å². The molecule has 3 N–H and O–H groups in total. The molecule has 0 fully saturated rings. The predicted octanol–water partition coefficient (Wildman–Crippen LogP) is 2.84. The van der Waals surface area contributed by atoms with Crippen LogP contribution >= 0.6 is 15.9 Å². The highest BCUT2D eigenvalue weighted by Gasteiger charge is 2.14. The first-order chi connectivity index (χ1) is 9.42. The highest BCUT2D eigenvalue weighted by molar-refractivity contribution is 9.10. The second-order valence-corrected chi connectivity index (χ2v) is 6.61. The van der Waals surface area contributed by atoms with Gasteiger partial charge in [0.15, 0.2) is 0 Å². The van der Waals surface area contributed by atoms with Crippen molar-refractivity contribution in [2.75, 3.05) is 17.6 Å². The summed E-state index contributed by atoms with van der Waals surface area (Å²) in [5, 5.41) is 0. The largest absolute Gasteiger partial charge is 0.495 e. The van der Waals surface area contributed by atoms with E-state index in [1.54, 1.807) is 24.3 Å². The fraction of sp³-hybridized carbons (Fsp3) is 0.0769. The number of anilines is 2. The fourth-order valence-corrected chi connectivity index (χ4v) is 2.94. The number of hydrogen-bond donors (Lipinski definition) is 2. The molecule has 0 heterocycles. The van der Waals surface area contributed by atoms with Crippen LogP contribution in [0.25, 0.3) is 0 Å². The number of rotatable bonds is 4. The molecule has 0 atom stereocenters. The normalized spacial score (nSPS) is 11.1. The van der Waals surface area contributed by atoms with E-state index >= 15 is 0 Å². The summed E-state index contributed by atoms with van der Waals surface area (Å²) in [5.74, 6) is 0.497. The van der Waals surface area contributed by atoms with Gasteiger partial charge in [-0.2, -0.15) is 0 Å². The van der Waals surface area contributed by atoms with Gasteiger partial charge in [-0.1, -0.05) is 15.9 Å². The van der Waals surface area contributed by atoms with E-state index in [1.807, 2.05) is 0 Å². The number of sulfonamides is 1. The zero-order valence-electron chi connectivity index (χ0n) is 10.6. The maximum atomic E-state index is 12.2. The van der Waals surface area contributed by atoms with Gasteiger partial charge < -0.3 is 10.5 Å². The molecule has 0 radical (unpaired) electrons. The number of nitrogen functional groups attached to an aromatic ring is 1. The molecule has 0 aromatic heterocycles. The number of benzene rings is 2. The molecule has 0 unspecified atom stereocenters. The van der Waals surface area contributed by atoms with Crippen LogP contribution in [-0.2, 0) is 10.0 Å². The summed E-state index contributed by atoms with van der Waals surface area (Å²) in [6.07, 6.45) is 0. The smallest absolute Gasteiger partial charge is 0.261 e. The van der Waals surface area contributed by atoms with Crippen molar-refractivity contribution in [3.05, 3.63) is 46.9 Å². The van der Waals surface area contributed by atoms with Gasteiger partial charge in [0.1, 0.15) is 5.75 Å². The Morgan fingerprint density at radius 2 is 1.80 bits per heavy atom. The second-order valence-electron chi connectivity index (χ2n) is 4.02. The van der Waals surface area contributed by atoms with E-state index in [2.05, 4.69) is 20.7 Å². The first-order valence-corrected chi connectivity index (χ1v) is 7.92. The third-order valence-corrected chi connectivity index (χ3v) is 4.53. The standard InChI is InChI=1S/C13H13BrN2O3S/c1-19-13-7-4-10(8-12(13)15)16-20(17,18)11-5-2-9(14)3-6-11/h2-8,16H,15H2,1H3. The first-order valence-electron chi connectivity index (χ1n) is 5.64.